The van der Waals surface area contributed by atoms with Crippen LogP contribution in [0.25, 0.3) is 21.3 Å². The molecule has 8 nitrogen and oxygen atoms in total. The van der Waals surface area contributed by atoms with Gasteiger partial charge in [0, 0.05) is 11.8 Å². The fraction of sp³-hybridized carbons (Fsp3) is 0.391. The van der Waals surface area contributed by atoms with Crippen molar-refractivity contribution in [1.82, 2.24) is 9.97 Å². The highest BCUT2D eigenvalue weighted by atomic mass is 32.1. The highest BCUT2D eigenvalue weighted by Gasteiger charge is 2.18. The zero-order valence-electron chi connectivity index (χ0n) is 18.1. The predicted octanol–water partition coefficient (Wildman–Crippen LogP) is 6.12. The fourth-order valence-electron chi connectivity index (χ4n) is 3.70. The number of thiazole rings is 1. The first-order valence-electron chi connectivity index (χ1n) is 10.8. The third kappa shape index (κ3) is 5.34. The van der Waals surface area contributed by atoms with E-state index in [0.717, 1.165) is 47.0 Å². The number of nitrogens with zero attached hydrogens (tertiary/aromatic N) is 2. The summed E-state index contributed by atoms with van der Waals surface area (Å²) in [5.41, 5.74) is 3.91. The Morgan fingerprint density at radius 1 is 1.09 bits per heavy atom. The number of nitrogens with one attached hydrogen (secondary N) is 2. The summed E-state index contributed by atoms with van der Waals surface area (Å²) in [5.74, 6) is 0. The Morgan fingerprint density at radius 2 is 1.91 bits per heavy atom. The third-order valence-electron chi connectivity index (χ3n) is 5.36. The van der Waals surface area contributed by atoms with Crippen molar-refractivity contribution >= 4 is 44.6 Å². The van der Waals surface area contributed by atoms with Gasteiger partial charge in [0.2, 0.25) is 0 Å². The van der Waals surface area contributed by atoms with Gasteiger partial charge in [0.1, 0.15) is 6.10 Å². The fourth-order valence-corrected chi connectivity index (χ4v) is 4.59. The summed E-state index contributed by atoms with van der Waals surface area (Å²) in [6, 6.07) is 7.71. The summed E-state index contributed by atoms with van der Waals surface area (Å²) >= 11 is 1.36. The molecule has 0 atom stereocenters. The van der Waals surface area contributed by atoms with Crippen molar-refractivity contribution in [3.63, 3.8) is 0 Å². The van der Waals surface area contributed by atoms with Crippen LogP contribution in [0.1, 0.15) is 44.7 Å². The van der Waals surface area contributed by atoms with Crippen LogP contribution in [0, 0.1) is 6.92 Å². The number of hydrogen-bond acceptors (Lipinski definition) is 7. The van der Waals surface area contributed by atoms with Gasteiger partial charge in [-0.3, -0.25) is 15.6 Å². The standard InChI is InChI=1S/C23H26N4O4S/c1-3-30-22(28)27-21-25-18-10-9-15(12-20(18)32-21)16-11-19(14(2)24-13-16)26-23(29)31-17-7-5-4-6-8-17/h9-13,17H,3-8H2,1-2H3,(H,26,29)(H,25,27,28). The van der Waals surface area contributed by atoms with E-state index in [0.29, 0.717) is 23.1 Å². The minimum absolute atomic E-state index is 0.00801. The lowest BCUT2D eigenvalue weighted by molar-refractivity contribution is 0.0865. The van der Waals surface area contributed by atoms with Crippen LogP contribution in [0.4, 0.5) is 20.4 Å². The molecule has 1 aliphatic rings. The molecule has 0 saturated heterocycles. The summed E-state index contributed by atoms with van der Waals surface area (Å²) in [6.45, 7) is 3.89. The molecule has 9 heteroatoms. The van der Waals surface area contributed by atoms with E-state index in [-0.39, 0.29) is 6.10 Å². The smallest absolute Gasteiger partial charge is 0.413 e. The number of rotatable bonds is 5. The van der Waals surface area contributed by atoms with E-state index in [1.54, 1.807) is 13.1 Å². The van der Waals surface area contributed by atoms with Crippen molar-refractivity contribution in [2.75, 3.05) is 17.2 Å². The number of carbonyl (C=O) groups is 2. The second kappa shape index (κ2) is 9.95. The maximum Gasteiger partial charge on any atom is 0.413 e. The van der Waals surface area contributed by atoms with E-state index in [4.69, 9.17) is 9.47 Å². The van der Waals surface area contributed by atoms with E-state index in [1.807, 2.05) is 31.2 Å². The molecule has 168 valence electrons. The molecule has 2 N–H and O–H groups in total. The van der Waals surface area contributed by atoms with Crippen LogP contribution in [0.15, 0.2) is 30.5 Å². The number of ether oxygens (including phenoxy) is 2. The Labute approximate surface area is 190 Å². The monoisotopic (exact) mass is 454 g/mol. The van der Waals surface area contributed by atoms with E-state index in [1.165, 1.54) is 17.8 Å². The van der Waals surface area contributed by atoms with E-state index in [2.05, 4.69) is 20.6 Å². The molecule has 1 saturated carbocycles. The molecule has 4 rings (SSSR count). The maximum absolute atomic E-state index is 12.4. The molecule has 0 bridgehead atoms. The molecule has 0 unspecified atom stereocenters. The van der Waals surface area contributed by atoms with Gasteiger partial charge in [-0.2, -0.15) is 0 Å². The number of pyridine rings is 1. The van der Waals surface area contributed by atoms with E-state index < -0.39 is 12.2 Å². The van der Waals surface area contributed by atoms with Crippen LogP contribution < -0.4 is 10.6 Å². The van der Waals surface area contributed by atoms with Crippen LogP contribution in [0.3, 0.4) is 0 Å². The second-order valence-electron chi connectivity index (χ2n) is 7.69. The molecule has 1 aliphatic carbocycles. The Bertz CT molecular complexity index is 1120. The van der Waals surface area contributed by atoms with Crippen molar-refractivity contribution < 1.29 is 19.1 Å². The van der Waals surface area contributed by atoms with Crippen molar-refractivity contribution in [3.05, 3.63) is 36.2 Å². The quantitative estimate of drug-likeness (QED) is 0.482. The van der Waals surface area contributed by atoms with Gasteiger partial charge in [-0.15, -0.1) is 0 Å². The first-order valence-corrected chi connectivity index (χ1v) is 11.6. The normalized spacial score (nSPS) is 14.2. The molecule has 32 heavy (non-hydrogen) atoms. The Morgan fingerprint density at radius 3 is 2.69 bits per heavy atom. The molecule has 2 heterocycles. The highest BCUT2D eigenvalue weighted by Crippen LogP contribution is 2.32. The van der Waals surface area contributed by atoms with Crippen LogP contribution >= 0.6 is 11.3 Å². The summed E-state index contributed by atoms with van der Waals surface area (Å²) in [4.78, 5) is 32.9. The molecule has 0 radical (unpaired) electrons. The number of benzene rings is 1. The number of carbonyl (C=O) groups excluding carboxylic acids is 2. The lowest BCUT2D eigenvalue weighted by Gasteiger charge is -2.22. The van der Waals surface area contributed by atoms with Crippen molar-refractivity contribution in [2.45, 2.75) is 52.1 Å². The first-order chi connectivity index (χ1) is 15.5. The van der Waals surface area contributed by atoms with Gasteiger partial charge in [-0.1, -0.05) is 23.8 Å². The van der Waals surface area contributed by atoms with E-state index >= 15 is 0 Å². The van der Waals surface area contributed by atoms with Crippen LogP contribution in [-0.4, -0.2) is 34.9 Å². The van der Waals surface area contributed by atoms with Crippen molar-refractivity contribution in [2.24, 2.45) is 0 Å². The average Bonchev–Trinajstić information content (AvgIpc) is 3.17. The molecule has 1 aromatic carbocycles. The highest BCUT2D eigenvalue weighted by molar-refractivity contribution is 7.22. The van der Waals surface area contributed by atoms with Crippen LogP contribution in [-0.2, 0) is 9.47 Å². The Hall–Kier alpha value is -3.20. The number of anilines is 2. The van der Waals surface area contributed by atoms with E-state index in [9.17, 15) is 9.59 Å². The largest absolute Gasteiger partial charge is 0.450 e. The Kier molecular flexibility index (Phi) is 6.84. The van der Waals surface area contributed by atoms with Gasteiger partial charge in [-0.25, -0.2) is 14.6 Å². The molecule has 0 spiro atoms. The van der Waals surface area contributed by atoms with Gasteiger partial charge in [-0.05, 0) is 63.3 Å². The van der Waals surface area contributed by atoms with Crippen LogP contribution in [0.2, 0.25) is 0 Å². The summed E-state index contributed by atoms with van der Waals surface area (Å²) < 4.78 is 11.4. The molecule has 0 aliphatic heterocycles. The SMILES string of the molecule is CCOC(=O)Nc1nc2ccc(-c3cnc(C)c(NC(=O)OC4CCCCC4)c3)cc2s1. The molecule has 1 fully saturated rings. The summed E-state index contributed by atoms with van der Waals surface area (Å²) in [5, 5.41) is 5.96. The predicted molar refractivity (Wildman–Crippen MR) is 125 cm³/mol. The summed E-state index contributed by atoms with van der Waals surface area (Å²) in [7, 11) is 0. The topological polar surface area (TPSA) is 102 Å². The number of fused-ring (bicyclic) bond motifs is 1. The average molecular weight is 455 g/mol. The first kappa shape index (κ1) is 22.0. The van der Waals surface area contributed by atoms with Crippen molar-refractivity contribution in [1.29, 1.82) is 0 Å². The lowest BCUT2D eigenvalue weighted by Crippen LogP contribution is -2.24. The van der Waals surface area contributed by atoms with Crippen molar-refractivity contribution in [3.8, 4) is 11.1 Å². The summed E-state index contributed by atoms with van der Waals surface area (Å²) in [6.07, 6.45) is 6.06. The number of aromatic nitrogens is 2. The zero-order chi connectivity index (χ0) is 22.5. The molecule has 3 aromatic rings. The van der Waals surface area contributed by atoms with Gasteiger partial charge in [0.15, 0.2) is 5.13 Å². The number of amides is 2. The second-order valence-corrected chi connectivity index (χ2v) is 8.72. The maximum atomic E-state index is 12.4. The molecular weight excluding hydrogens is 428 g/mol. The zero-order valence-corrected chi connectivity index (χ0v) is 19.0. The molecular formula is C23H26N4O4S. The number of aryl methyl sites for hydroxylation is 1. The van der Waals surface area contributed by atoms with Gasteiger partial charge >= 0.3 is 12.2 Å². The van der Waals surface area contributed by atoms with Gasteiger partial charge in [0.25, 0.3) is 0 Å². The molecule has 2 aromatic heterocycles. The van der Waals surface area contributed by atoms with Crippen LogP contribution in [0.5, 0.6) is 0 Å². The van der Waals surface area contributed by atoms with Gasteiger partial charge < -0.3 is 9.47 Å². The lowest BCUT2D eigenvalue weighted by atomic mass is 9.98. The third-order valence-corrected chi connectivity index (χ3v) is 6.29. The number of hydrogen-bond donors (Lipinski definition) is 2. The minimum atomic E-state index is -0.523. The Balaban J connectivity index is 1.50. The van der Waals surface area contributed by atoms with Gasteiger partial charge in [0.05, 0.1) is 28.2 Å². The minimum Gasteiger partial charge on any atom is -0.450 e. The molecule has 2 amide bonds.